The zero-order valence-corrected chi connectivity index (χ0v) is 33.2. The number of amides is 5. The number of allylic oxidation sites excluding steroid dienone is 1. The average Bonchev–Trinajstić information content (AvgIpc) is 4.01. The minimum Gasteiger partial charge on any atom is -0.446 e. The molecule has 2 saturated heterocycles. The van der Waals surface area contributed by atoms with E-state index in [1.54, 1.807) is 17.0 Å². The third-order valence-electron chi connectivity index (χ3n) is 12.7. The van der Waals surface area contributed by atoms with Gasteiger partial charge in [0, 0.05) is 43.0 Å². The predicted octanol–water partition coefficient (Wildman–Crippen LogP) is 4.00. The van der Waals surface area contributed by atoms with Gasteiger partial charge in [-0.3, -0.25) is 23.9 Å². The van der Waals surface area contributed by atoms with Crippen LogP contribution in [0.4, 0.5) is 4.79 Å². The Bertz CT molecular complexity index is 2050. The smallest absolute Gasteiger partial charge is 0.408 e. The van der Waals surface area contributed by atoms with E-state index in [1.807, 2.05) is 49.4 Å². The molecule has 6 aliphatic rings. The molecule has 304 valence electrons. The molecule has 5 fully saturated rings. The highest BCUT2D eigenvalue weighted by Gasteiger charge is 2.63. The molecule has 0 unspecified atom stereocenters. The van der Waals surface area contributed by atoms with E-state index >= 15 is 0 Å². The summed E-state index contributed by atoms with van der Waals surface area (Å²) in [6.45, 7) is 2.57. The molecule has 5 amide bonds. The number of nitrogens with zero attached hydrogens (tertiary/aromatic N) is 3. The molecular formula is C42H52N6O8S. The third kappa shape index (κ3) is 8.30. The lowest BCUT2D eigenvalue weighted by Crippen LogP contribution is -2.60. The van der Waals surface area contributed by atoms with Gasteiger partial charge in [0.15, 0.2) is 0 Å². The summed E-state index contributed by atoms with van der Waals surface area (Å²) in [5.41, 5.74) is 1.39. The number of alkyl carbamates (subject to hydrolysis) is 1. The van der Waals surface area contributed by atoms with Crippen molar-refractivity contribution >= 4 is 39.7 Å². The zero-order valence-electron chi connectivity index (χ0n) is 32.4. The largest absolute Gasteiger partial charge is 0.446 e. The topological polar surface area (TPSA) is 184 Å². The van der Waals surface area contributed by atoms with E-state index < -0.39 is 68.5 Å². The fourth-order valence-electron chi connectivity index (χ4n) is 9.17. The van der Waals surface area contributed by atoms with Crippen molar-refractivity contribution in [1.29, 1.82) is 0 Å². The van der Waals surface area contributed by atoms with Gasteiger partial charge in [0.05, 0.1) is 10.9 Å². The van der Waals surface area contributed by atoms with Crippen LogP contribution in [0.2, 0.25) is 0 Å². The fourth-order valence-corrected chi connectivity index (χ4v) is 10.5. The van der Waals surface area contributed by atoms with Gasteiger partial charge >= 0.3 is 6.09 Å². The summed E-state index contributed by atoms with van der Waals surface area (Å²) in [4.78, 5) is 78.3. The van der Waals surface area contributed by atoms with E-state index in [1.165, 1.54) is 4.90 Å². The second-order valence-corrected chi connectivity index (χ2v) is 18.8. The molecule has 0 radical (unpaired) electrons. The van der Waals surface area contributed by atoms with Gasteiger partial charge in [0.25, 0.3) is 11.8 Å². The summed E-state index contributed by atoms with van der Waals surface area (Å²) in [6.07, 6.45) is 10.9. The maximum atomic E-state index is 14.7. The van der Waals surface area contributed by atoms with E-state index in [2.05, 4.69) is 15.4 Å². The van der Waals surface area contributed by atoms with Crippen LogP contribution in [0.15, 0.2) is 54.6 Å². The Morgan fingerprint density at radius 3 is 2.42 bits per heavy atom. The molecule has 1 aromatic heterocycles. The average molecular weight is 801 g/mol. The molecule has 14 nitrogen and oxygen atoms in total. The van der Waals surface area contributed by atoms with Gasteiger partial charge in [-0.1, -0.05) is 60.9 Å². The van der Waals surface area contributed by atoms with Gasteiger partial charge in [-0.25, -0.2) is 18.2 Å². The number of pyridine rings is 1. The first-order valence-electron chi connectivity index (χ1n) is 20.6. The second-order valence-electron chi connectivity index (χ2n) is 16.9. The Labute approximate surface area is 333 Å². The van der Waals surface area contributed by atoms with Crippen molar-refractivity contribution in [2.24, 2.45) is 17.8 Å². The zero-order chi connectivity index (χ0) is 39.9. The van der Waals surface area contributed by atoms with Crippen LogP contribution in [0.3, 0.4) is 0 Å². The number of benzene rings is 1. The van der Waals surface area contributed by atoms with Crippen LogP contribution in [-0.2, 0) is 29.1 Å². The number of carbonyl (C=O) groups is 5. The molecule has 0 spiro atoms. The number of likely N-dealkylation sites (tertiary alicyclic amines) is 1. The molecule has 6 atom stereocenters. The van der Waals surface area contributed by atoms with Crippen LogP contribution in [0, 0.1) is 24.7 Å². The summed E-state index contributed by atoms with van der Waals surface area (Å²) in [5, 5.41) is 5.15. The molecule has 3 saturated carbocycles. The lowest BCUT2D eigenvalue weighted by atomic mass is 9.93. The molecule has 3 aliphatic carbocycles. The van der Waals surface area contributed by atoms with E-state index in [9.17, 15) is 32.4 Å². The Kier molecular flexibility index (Phi) is 10.9. The van der Waals surface area contributed by atoms with Crippen molar-refractivity contribution in [3.8, 4) is 11.3 Å². The lowest BCUT2D eigenvalue weighted by molar-refractivity contribution is -0.142. The van der Waals surface area contributed by atoms with E-state index in [4.69, 9.17) is 9.72 Å². The lowest BCUT2D eigenvalue weighted by Gasteiger charge is -2.33. The highest BCUT2D eigenvalue weighted by molar-refractivity contribution is 7.91. The maximum absolute atomic E-state index is 14.7. The summed E-state index contributed by atoms with van der Waals surface area (Å²) < 4.78 is 33.8. The molecule has 3 aliphatic heterocycles. The minimum atomic E-state index is -3.91. The minimum absolute atomic E-state index is 0.149. The number of fused-ring (bicyclic) bond motifs is 4. The fraction of sp³-hybridized carbons (Fsp3) is 0.571. The monoisotopic (exact) mass is 800 g/mol. The number of rotatable bonds is 7. The highest BCUT2D eigenvalue weighted by atomic mass is 32.2. The van der Waals surface area contributed by atoms with Crippen LogP contribution in [0.5, 0.6) is 0 Å². The van der Waals surface area contributed by atoms with Crippen LogP contribution >= 0.6 is 0 Å². The molecule has 3 N–H and O–H groups in total. The number of hydrogen-bond donors (Lipinski definition) is 3. The van der Waals surface area contributed by atoms with Crippen molar-refractivity contribution in [3.63, 3.8) is 0 Å². The van der Waals surface area contributed by atoms with Crippen LogP contribution in [0.1, 0.15) is 93.1 Å². The first-order chi connectivity index (χ1) is 27.4. The second kappa shape index (κ2) is 15.9. The number of ether oxygens (including phenoxy) is 1. The number of aryl methyl sites for hydroxylation is 1. The van der Waals surface area contributed by atoms with Gasteiger partial charge < -0.3 is 25.2 Å². The van der Waals surface area contributed by atoms with Crippen LogP contribution in [-0.4, -0.2) is 102 Å². The molecule has 57 heavy (non-hydrogen) atoms. The third-order valence-corrected chi connectivity index (χ3v) is 14.5. The van der Waals surface area contributed by atoms with Gasteiger partial charge in [-0.15, -0.1) is 0 Å². The van der Waals surface area contributed by atoms with Crippen LogP contribution in [0.25, 0.3) is 11.3 Å². The number of hydrogen-bond acceptors (Lipinski definition) is 9. The SMILES string of the molecule is Cc1ccc(-c2cccc(C(=O)N3C[C@H]4CN5C(=O)[C@@H](NC(=O)OC6CCCC6)CCCCC/C=C\[C@H]6C[C@@]6(C(=O)NS(=O)(=O)C6CC6)NC(=O)[C@@H]5[C@H]4C3)n2)cc1. The normalized spacial score (nSPS) is 29.9. The molecule has 2 aromatic rings. The standard InChI is InChI=1S/C42H52N6O8S/c1-26-16-18-27(19-17-26)33-14-9-15-34(43-33)38(50)47-23-28-24-48-36(32(28)25-47)37(49)45-42(40(52)46-57(54,55)31-20-21-31)22-29(42)10-5-3-2-4-6-13-35(39(48)51)44-41(53)56-30-11-7-8-12-30/h5,9-10,14-19,28-32,35-36H,2-4,6-8,11-13,20-25H2,1H3,(H,44,53)(H,45,49)(H,46,52)/b10-5-/t28-,29-,32-,35-,36-,42+/m0/s1. The molecule has 0 bridgehead atoms. The number of carbonyl (C=O) groups excluding carboxylic acids is 5. The molecule has 8 rings (SSSR count). The summed E-state index contributed by atoms with van der Waals surface area (Å²) >= 11 is 0. The van der Waals surface area contributed by atoms with Crippen molar-refractivity contribution in [2.75, 3.05) is 19.6 Å². The van der Waals surface area contributed by atoms with Gasteiger partial charge in [0.2, 0.25) is 21.8 Å². The van der Waals surface area contributed by atoms with E-state index in [0.717, 1.165) is 49.7 Å². The van der Waals surface area contributed by atoms with Crippen molar-refractivity contribution in [2.45, 2.75) is 113 Å². The Morgan fingerprint density at radius 1 is 0.912 bits per heavy atom. The predicted molar refractivity (Wildman–Crippen MR) is 210 cm³/mol. The molecule has 15 heteroatoms. The van der Waals surface area contributed by atoms with Crippen molar-refractivity contribution in [3.05, 3.63) is 65.9 Å². The van der Waals surface area contributed by atoms with Crippen LogP contribution < -0.4 is 15.4 Å². The van der Waals surface area contributed by atoms with E-state index in [0.29, 0.717) is 37.8 Å². The Balaban J connectivity index is 1.07. The summed E-state index contributed by atoms with van der Waals surface area (Å²) in [7, 11) is -3.91. The highest BCUT2D eigenvalue weighted by Crippen LogP contribution is 2.47. The van der Waals surface area contributed by atoms with E-state index in [-0.39, 0.29) is 49.7 Å². The molecule has 1 aromatic carbocycles. The van der Waals surface area contributed by atoms with Crippen molar-refractivity contribution in [1.82, 2.24) is 30.1 Å². The maximum Gasteiger partial charge on any atom is 0.408 e. The van der Waals surface area contributed by atoms with Crippen molar-refractivity contribution < 1.29 is 37.1 Å². The number of aromatic nitrogens is 1. The van der Waals surface area contributed by atoms with Gasteiger partial charge in [0.1, 0.15) is 29.4 Å². The number of nitrogens with one attached hydrogen (secondary N) is 3. The Hall–Kier alpha value is -4.79. The first kappa shape index (κ1) is 39.1. The summed E-state index contributed by atoms with van der Waals surface area (Å²) in [5.74, 6) is -3.31. The number of sulfonamides is 1. The molecular weight excluding hydrogens is 749 g/mol. The Morgan fingerprint density at radius 2 is 1.67 bits per heavy atom. The van der Waals surface area contributed by atoms with Gasteiger partial charge in [-0.05, 0) is 83.3 Å². The quantitative estimate of drug-likeness (QED) is 0.349. The van der Waals surface area contributed by atoms with Gasteiger partial charge in [-0.2, -0.15) is 0 Å². The summed E-state index contributed by atoms with van der Waals surface area (Å²) in [6, 6.07) is 11.1. The molecule has 4 heterocycles. The first-order valence-corrected chi connectivity index (χ1v) is 22.1.